The third-order valence-corrected chi connectivity index (χ3v) is 8.54. The van der Waals surface area contributed by atoms with Gasteiger partial charge in [0.25, 0.3) is 5.91 Å². The van der Waals surface area contributed by atoms with E-state index >= 15 is 0 Å². The molecule has 36 heavy (non-hydrogen) atoms. The van der Waals surface area contributed by atoms with Crippen LogP contribution < -0.4 is 9.64 Å². The molecule has 1 saturated heterocycles. The predicted molar refractivity (Wildman–Crippen MR) is 151 cm³/mol. The minimum atomic E-state index is -0.134. The van der Waals surface area contributed by atoms with Crippen LogP contribution >= 0.6 is 47.3 Å². The molecule has 0 spiro atoms. The Morgan fingerprint density at radius 3 is 2.56 bits per heavy atom. The number of carbonyl (C=O) groups excluding carboxylic acids is 2. The Bertz CT molecular complexity index is 1390. The van der Waals surface area contributed by atoms with Crippen molar-refractivity contribution in [3.63, 3.8) is 0 Å². The highest BCUT2D eigenvalue weighted by molar-refractivity contribution is 8.26. The molecule has 0 atom stereocenters. The first-order valence-corrected chi connectivity index (χ1v) is 13.7. The summed E-state index contributed by atoms with van der Waals surface area (Å²) >= 11 is 14.6. The first-order chi connectivity index (χ1) is 17.4. The van der Waals surface area contributed by atoms with E-state index in [-0.39, 0.29) is 18.2 Å². The number of nitrogens with zero attached hydrogens (tertiary/aromatic N) is 2. The third kappa shape index (κ3) is 5.04. The van der Waals surface area contributed by atoms with Crippen LogP contribution in [0.3, 0.4) is 0 Å². The highest BCUT2D eigenvalue weighted by atomic mass is 35.5. The number of hydrogen-bond acceptors (Lipinski definition) is 6. The molecule has 0 saturated carbocycles. The van der Waals surface area contributed by atoms with Crippen LogP contribution in [-0.2, 0) is 9.59 Å². The van der Waals surface area contributed by atoms with Crippen LogP contribution in [-0.4, -0.2) is 34.7 Å². The van der Waals surface area contributed by atoms with Crippen LogP contribution in [0.15, 0.2) is 81.4 Å². The number of carbonyl (C=O) groups is 2. The van der Waals surface area contributed by atoms with Gasteiger partial charge in [0.2, 0.25) is 5.91 Å². The van der Waals surface area contributed by atoms with E-state index in [9.17, 15) is 9.59 Å². The Labute approximate surface area is 228 Å². The number of hydrogen-bond donors (Lipinski definition) is 0. The second kappa shape index (κ2) is 10.7. The van der Waals surface area contributed by atoms with Gasteiger partial charge in [-0.15, -0.1) is 0 Å². The monoisotopic (exact) mass is 552 g/mol. The van der Waals surface area contributed by atoms with E-state index in [4.69, 9.17) is 28.6 Å². The molecule has 2 aliphatic heterocycles. The number of methoxy groups -OCH3 is 1. The smallest absolute Gasteiger partial charge is 0.266 e. The summed E-state index contributed by atoms with van der Waals surface area (Å²) in [6.07, 6.45) is 2.58. The van der Waals surface area contributed by atoms with Gasteiger partial charge in [0.05, 0.1) is 23.4 Å². The van der Waals surface area contributed by atoms with E-state index < -0.39 is 0 Å². The maximum absolute atomic E-state index is 13.4. The standard InChI is InChI=1S/C27H21ClN2O3S3/c1-33-19-11-8-17(9-12-19)15-24-26(32)29(27(34)36-24)14-4-7-25(31)30-20-5-2-3-6-22(20)35-23-13-10-18(28)16-21(23)30/h2-3,5-6,8-13,15-16H,4,7,14H2,1H3. The normalized spacial score (nSPS) is 15.8. The van der Waals surface area contributed by atoms with E-state index in [1.807, 2.05) is 72.8 Å². The number of para-hydroxylation sites is 1. The molecule has 0 radical (unpaired) electrons. The molecule has 9 heteroatoms. The average Bonchev–Trinajstić information content (AvgIpc) is 3.15. The fraction of sp³-hybridized carbons (Fsp3) is 0.148. The van der Waals surface area contributed by atoms with Gasteiger partial charge in [-0.05, 0) is 60.5 Å². The summed E-state index contributed by atoms with van der Waals surface area (Å²) in [5.41, 5.74) is 2.52. The van der Waals surface area contributed by atoms with Crippen molar-refractivity contribution in [2.45, 2.75) is 22.6 Å². The van der Waals surface area contributed by atoms with Crippen LogP contribution in [0.1, 0.15) is 18.4 Å². The average molecular weight is 553 g/mol. The number of ether oxygens (including phenoxy) is 1. The highest BCUT2D eigenvalue weighted by Gasteiger charge is 2.32. The number of fused-ring (bicyclic) bond motifs is 2. The van der Waals surface area contributed by atoms with Crippen molar-refractivity contribution in [3.8, 4) is 5.75 Å². The molecule has 2 aliphatic rings. The fourth-order valence-corrected chi connectivity index (χ4v) is 6.55. The number of amides is 2. The van der Waals surface area contributed by atoms with E-state index in [2.05, 4.69) is 0 Å². The number of rotatable bonds is 6. The second-order valence-corrected chi connectivity index (χ2v) is 11.3. The van der Waals surface area contributed by atoms with Gasteiger partial charge in [-0.3, -0.25) is 19.4 Å². The lowest BCUT2D eigenvalue weighted by atomic mass is 10.1. The maximum Gasteiger partial charge on any atom is 0.266 e. The number of thiocarbonyl (C=S) groups is 1. The van der Waals surface area contributed by atoms with Gasteiger partial charge >= 0.3 is 0 Å². The summed E-state index contributed by atoms with van der Waals surface area (Å²) in [5, 5.41) is 0.577. The summed E-state index contributed by atoms with van der Waals surface area (Å²) in [5.74, 6) is 0.569. The fourth-order valence-electron chi connectivity index (χ4n) is 4.04. The topological polar surface area (TPSA) is 49.9 Å². The Balaban J connectivity index is 1.27. The molecule has 1 fully saturated rings. The van der Waals surface area contributed by atoms with Crippen molar-refractivity contribution in [2.75, 3.05) is 18.6 Å². The maximum atomic E-state index is 13.4. The summed E-state index contributed by atoms with van der Waals surface area (Å²) in [7, 11) is 1.61. The molecule has 2 heterocycles. The molecule has 0 N–H and O–H groups in total. The molecular formula is C27H21ClN2O3S3. The minimum Gasteiger partial charge on any atom is -0.497 e. The molecule has 0 aromatic heterocycles. The van der Waals surface area contributed by atoms with Gasteiger partial charge in [0.15, 0.2) is 0 Å². The highest BCUT2D eigenvalue weighted by Crippen LogP contribution is 2.49. The number of benzene rings is 3. The van der Waals surface area contributed by atoms with Gasteiger partial charge in [-0.1, -0.05) is 71.6 Å². The molecule has 2 amide bonds. The van der Waals surface area contributed by atoms with E-state index in [0.717, 1.165) is 32.5 Å². The second-order valence-electron chi connectivity index (χ2n) is 8.12. The molecule has 5 nitrogen and oxygen atoms in total. The lowest BCUT2D eigenvalue weighted by molar-refractivity contribution is -0.123. The lowest BCUT2D eigenvalue weighted by Crippen LogP contribution is -2.32. The molecule has 3 aromatic rings. The third-order valence-electron chi connectivity index (χ3n) is 5.80. The zero-order valence-electron chi connectivity index (χ0n) is 19.3. The first-order valence-electron chi connectivity index (χ1n) is 11.2. The van der Waals surface area contributed by atoms with Crippen molar-refractivity contribution in [3.05, 3.63) is 82.2 Å². The summed E-state index contributed by atoms with van der Waals surface area (Å²) in [6.45, 7) is 0.378. The molecular weight excluding hydrogens is 532 g/mol. The van der Waals surface area contributed by atoms with Crippen molar-refractivity contribution in [1.82, 2.24) is 4.90 Å². The molecule has 5 rings (SSSR count). The van der Waals surface area contributed by atoms with Gasteiger partial charge in [-0.2, -0.15) is 0 Å². The first kappa shape index (κ1) is 24.9. The quantitative estimate of drug-likeness (QED) is 0.239. The zero-order valence-corrected chi connectivity index (χ0v) is 22.5. The van der Waals surface area contributed by atoms with Gasteiger partial charge in [-0.25, -0.2) is 0 Å². The predicted octanol–water partition coefficient (Wildman–Crippen LogP) is 7.16. The number of thioether (sulfide) groups is 1. The van der Waals surface area contributed by atoms with E-state index in [1.165, 1.54) is 11.8 Å². The number of halogens is 1. The Hall–Kier alpha value is -2.78. The van der Waals surface area contributed by atoms with Crippen LogP contribution in [0.25, 0.3) is 6.08 Å². The van der Waals surface area contributed by atoms with Gasteiger partial charge in [0.1, 0.15) is 10.1 Å². The molecule has 0 unspecified atom stereocenters. The van der Waals surface area contributed by atoms with Crippen LogP contribution in [0, 0.1) is 0 Å². The summed E-state index contributed by atoms with van der Waals surface area (Å²) < 4.78 is 5.69. The van der Waals surface area contributed by atoms with Crippen LogP contribution in [0.5, 0.6) is 5.75 Å². The van der Waals surface area contributed by atoms with Gasteiger partial charge in [0, 0.05) is 27.8 Å². The van der Waals surface area contributed by atoms with Crippen LogP contribution in [0.2, 0.25) is 5.02 Å². The van der Waals surface area contributed by atoms with Crippen molar-refractivity contribution in [2.24, 2.45) is 0 Å². The molecule has 0 aliphatic carbocycles. The van der Waals surface area contributed by atoms with E-state index in [0.29, 0.717) is 27.2 Å². The van der Waals surface area contributed by atoms with Crippen molar-refractivity contribution >= 4 is 80.9 Å². The Morgan fingerprint density at radius 1 is 1.03 bits per heavy atom. The largest absolute Gasteiger partial charge is 0.497 e. The van der Waals surface area contributed by atoms with Crippen molar-refractivity contribution in [1.29, 1.82) is 0 Å². The SMILES string of the molecule is COc1ccc(C=C2SC(=S)N(CCCC(=O)N3c4ccccc4Sc4ccc(Cl)cc43)C2=O)cc1. The Morgan fingerprint density at radius 2 is 1.78 bits per heavy atom. The van der Waals surface area contributed by atoms with Crippen LogP contribution in [0.4, 0.5) is 11.4 Å². The molecule has 182 valence electrons. The Kier molecular flexibility index (Phi) is 7.39. The zero-order chi connectivity index (χ0) is 25.2. The van der Waals surface area contributed by atoms with Gasteiger partial charge < -0.3 is 4.74 Å². The number of anilines is 2. The molecule has 3 aromatic carbocycles. The van der Waals surface area contributed by atoms with Crippen molar-refractivity contribution < 1.29 is 14.3 Å². The van der Waals surface area contributed by atoms with E-state index in [1.54, 1.807) is 28.7 Å². The summed E-state index contributed by atoms with van der Waals surface area (Å²) in [4.78, 5) is 32.3. The summed E-state index contributed by atoms with van der Waals surface area (Å²) in [6, 6.07) is 20.9. The lowest BCUT2D eigenvalue weighted by Gasteiger charge is -2.31. The molecule has 0 bridgehead atoms. The minimum absolute atomic E-state index is 0.0505.